The normalized spacial score (nSPS) is 13.2. The fraction of sp³-hybridized carbons (Fsp3) is 0.238. The Morgan fingerprint density at radius 2 is 2.00 bits per heavy atom. The lowest BCUT2D eigenvalue weighted by Gasteiger charge is -2.29. The van der Waals surface area contributed by atoms with Gasteiger partial charge in [-0.15, -0.1) is 0 Å². The van der Waals surface area contributed by atoms with Gasteiger partial charge in [0.1, 0.15) is 5.56 Å². The summed E-state index contributed by atoms with van der Waals surface area (Å²) in [6.45, 7) is 2.39. The molecule has 3 heterocycles. The standard InChI is InChI=1S/C21H20N4O4/c1-14(26)23-10-7-17-16(12-23)13-24(20(27)19(17)21(28)29)11-15-5-2-3-6-18(15)25-9-4-8-22-25/h2-6,8-9,13H,7,10-12H2,1H3,(H,28,29). The summed E-state index contributed by atoms with van der Waals surface area (Å²) >= 11 is 0. The summed E-state index contributed by atoms with van der Waals surface area (Å²) in [5.41, 5.74) is 2.11. The van der Waals surface area contributed by atoms with E-state index in [9.17, 15) is 19.5 Å². The number of pyridine rings is 1. The number of para-hydroxylation sites is 1. The smallest absolute Gasteiger partial charge is 0.341 e. The minimum atomic E-state index is -1.24. The molecule has 8 nitrogen and oxygen atoms in total. The molecule has 3 aromatic rings. The molecule has 0 saturated heterocycles. The van der Waals surface area contributed by atoms with Crippen molar-refractivity contribution in [1.29, 1.82) is 0 Å². The SMILES string of the molecule is CC(=O)N1CCc2c(cn(Cc3ccccc3-n3cccn3)c(=O)c2C(=O)O)C1. The minimum Gasteiger partial charge on any atom is -0.477 e. The molecule has 0 bridgehead atoms. The number of carbonyl (C=O) groups excluding carboxylic acids is 1. The molecule has 0 unspecified atom stereocenters. The van der Waals surface area contributed by atoms with Gasteiger partial charge in [0.05, 0.1) is 12.2 Å². The Morgan fingerprint density at radius 3 is 2.69 bits per heavy atom. The molecule has 0 spiro atoms. The molecule has 1 aliphatic rings. The van der Waals surface area contributed by atoms with Crippen molar-refractivity contribution in [2.45, 2.75) is 26.4 Å². The highest BCUT2D eigenvalue weighted by atomic mass is 16.4. The van der Waals surface area contributed by atoms with Crippen LogP contribution in [0.1, 0.15) is 34.0 Å². The second-order valence-electron chi connectivity index (χ2n) is 7.02. The highest BCUT2D eigenvalue weighted by Crippen LogP contribution is 2.22. The van der Waals surface area contributed by atoms with E-state index in [1.54, 1.807) is 28.0 Å². The zero-order valence-corrected chi connectivity index (χ0v) is 15.9. The van der Waals surface area contributed by atoms with Crippen molar-refractivity contribution in [3.05, 3.63) is 81.5 Å². The number of fused-ring (bicyclic) bond motifs is 1. The first kappa shape index (κ1) is 18.7. The van der Waals surface area contributed by atoms with Gasteiger partial charge in [-0.2, -0.15) is 5.10 Å². The predicted molar refractivity (Wildman–Crippen MR) is 105 cm³/mol. The van der Waals surface area contributed by atoms with Gasteiger partial charge in [-0.1, -0.05) is 18.2 Å². The molecule has 148 valence electrons. The number of carboxylic acid groups (broad SMARTS) is 1. The number of benzene rings is 1. The summed E-state index contributed by atoms with van der Waals surface area (Å²) in [5.74, 6) is -1.31. The molecular weight excluding hydrogens is 372 g/mol. The molecule has 0 radical (unpaired) electrons. The number of aromatic nitrogens is 3. The lowest BCUT2D eigenvalue weighted by Crippen LogP contribution is -2.38. The number of aromatic carboxylic acids is 1. The largest absolute Gasteiger partial charge is 0.477 e. The van der Waals surface area contributed by atoms with Crippen LogP contribution in [-0.2, 0) is 24.3 Å². The Balaban J connectivity index is 1.81. The van der Waals surface area contributed by atoms with Crippen LogP contribution in [0.25, 0.3) is 5.69 Å². The number of hydrogen-bond donors (Lipinski definition) is 1. The second kappa shape index (κ2) is 7.38. The maximum absolute atomic E-state index is 13.0. The van der Waals surface area contributed by atoms with E-state index in [0.717, 1.165) is 11.3 Å². The van der Waals surface area contributed by atoms with E-state index in [1.165, 1.54) is 11.5 Å². The molecule has 29 heavy (non-hydrogen) atoms. The first-order valence-corrected chi connectivity index (χ1v) is 9.27. The number of amides is 1. The highest BCUT2D eigenvalue weighted by Gasteiger charge is 2.27. The quantitative estimate of drug-likeness (QED) is 0.729. The van der Waals surface area contributed by atoms with Gasteiger partial charge in [0.2, 0.25) is 5.91 Å². The van der Waals surface area contributed by atoms with Gasteiger partial charge in [0, 0.05) is 38.6 Å². The molecule has 1 aliphatic heterocycles. The number of carboxylic acids is 1. The van der Waals surface area contributed by atoms with E-state index in [0.29, 0.717) is 30.6 Å². The predicted octanol–water partition coefficient (Wildman–Crippen LogP) is 1.69. The summed E-state index contributed by atoms with van der Waals surface area (Å²) in [5, 5.41) is 13.9. The van der Waals surface area contributed by atoms with E-state index >= 15 is 0 Å². The number of rotatable bonds is 4. The van der Waals surface area contributed by atoms with E-state index in [4.69, 9.17) is 0 Å². The number of nitrogens with zero attached hydrogens (tertiary/aromatic N) is 4. The molecule has 8 heteroatoms. The zero-order chi connectivity index (χ0) is 20.5. The molecule has 1 N–H and O–H groups in total. The van der Waals surface area contributed by atoms with Crippen LogP contribution in [0.2, 0.25) is 0 Å². The van der Waals surface area contributed by atoms with Gasteiger partial charge in [-0.25, -0.2) is 9.48 Å². The third-order valence-electron chi connectivity index (χ3n) is 5.21. The molecule has 0 saturated carbocycles. The maximum atomic E-state index is 13.0. The minimum absolute atomic E-state index is 0.0747. The summed E-state index contributed by atoms with van der Waals surface area (Å²) < 4.78 is 3.11. The second-order valence-corrected chi connectivity index (χ2v) is 7.02. The van der Waals surface area contributed by atoms with Crippen molar-refractivity contribution in [1.82, 2.24) is 19.2 Å². The summed E-state index contributed by atoms with van der Waals surface area (Å²) in [4.78, 5) is 38.3. The van der Waals surface area contributed by atoms with Crippen LogP contribution in [-0.4, -0.2) is 42.8 Å². The summed E-state index contributed by atoms with van der Waals surface area (Å²) in [6.07, 6.45) is 5.51. The molecular formula is C21H20N4O4. The molecule has 1 amide bonds. The third kappa shape index (κ3) is 3.44. The van der Waals surface area contributed by atoms with Crippen LogP contribution in [0.3, 0.4) is 0 Å². The Bertz CT molecular complexity index is 1150. The molecule has 1 aromatic carbocycles. The molecule has 4 rings (SSSR count). The fourth-order valence-electron chi connectivity index (χ4n) is 3.78. The van der Waals surface area contributed by atoms with Gasteiger partial charge in [0.25, 0.3) is 5.56 Å². The van der Waals surface area contributed by atoms with Gasteiger partial charge in [-0.05, 0) is 35.2 Å². The first-order valence-electron chi connectivity index (χ1n) is 9.27. The monoisotopic (exact) mass is 392 g/mol. The Morgan fingerprint density at radius 1 is 1.21 bits per heavy atom. The van der Waals surface area contributed by atoms with E-state index < -0.39 is 11.5 Å². The summed E-state index contributed by atoms with van der Waals surface area (Å²) in [7, 11) is 0. The fourth-order valence-corrected chi connectivity index (χ4v) is 3.78. The van der Waals surface area contributed by atoms with Crippen LogP contribution in [0.5, 0.6) is 0 Å². The average Bonchev–Trinajstić information content (AvgIpc) is 3.23. The highest BCUT2D eigenvalue weighted by molar-refractivity contribution is 5.89. The molecule has 2 aromatic heterocycles. The maximum Gasteiger partial charge on any atom is 0.341 e. The van der Waals surface area contributed by atoms with Crippen molar-refractivity contribution in [2.75, 3.05) is 6.54 Å². The van der Waals surface area contributed by atoms with Crippen molar-refractivity contribution in [2.24, 2.45) is 0 Å². The summed E-state index contributed by atoms with van der Waals surface area (Å²) in [6, 6.07) is 9.32. The average molecular weight is 392 g/mol. The Hall–Kier alpha value is -3.68. The van der Waals surface area contributed by atoms with E-state index in [-0.39, 0.29) is 18.0 Å². The molecule has 0 atom stereocenters. The zero-order valence-electron chi connectivity index (χ0n) is 15.9. The topological polar surface area (TPSA) is 97.4 Å². The van der Waals surface area contributed by atoms with Gasteiger partial charge in [0.15, 0.2) is 0 Å². The van der Waals surface area contributed by atoms with Crippen LogP contribution in [0.4, 0.5) is 0 Å². The molecule has 0 fully saturated rings. The van der Waals surface area contributed by atoms with Gasteiger partial charge in [-0.3, -0.25) is 9.59 Å². The molecule has 0 aliphatic carbocycles. The van der Waals surface area contributed by atoms with Gasteiger partial charge < -0.3 is 14.6 Å². The van der Waals surface area contributed by atoms with Crippen LogP contribution >= 0.6 is 0 Å². The van der Waals surface area contributed by atoms with E-state index in [2.05, 4.69) is 5.10 Å². The van der Waals surface area contributed by atoms with Crippen LogP contribution < -0.4 is 5.56 Å². The lowest BCUT2D eigenvalue weighted by atomic mass is 9.96. The first-order chi connectivity index (χ1) is 14.0. The van der Waals surface area contributed by atoms with Crippen LogP contribution in [0, 0.1) is 0 Å². The van der Waals surface area contributed by atoms with Gasteiger partial charge >= 0.3 is 5.97 Å². The van der Waals surface area contributed by atoms with E-state index in [1.807, 2.05) is 30.5 Å². The van der Waals surface area contributed by atoms with Crippen molar-refractivity contribution in [3.8, 4) is 5.69 Å². The van der Waals surface area contributed by atoms with Crippen molar-refractivity contribution >= 4 is 11.9 Å². The number of hydrogen-bond acceptors (Lipinski definition) is 4. The lowest BCUT2D eigenvalue weighted by molar-refractivity contribution is -0.129. The Labute approximate surface area is 166 Å². The third-order valence-corrected chi connectivity index (χ3v) is 5.21. The van der Waals surface area contributed by atoms with Crippen molar-refractivity contribution in [3.63, 3.8) is 0 Å². The number of carbonyl (C=O) groups is 2. The Kier molecular flexibility index (Phi) is 4.75. The van der Waals surface area contributed by atoms with Crippen LogP contribution in [0.15, 0.2) is 53.7 Å². The van der Waals surface area contributed by atoms with Crippen molar-refractivity contribution < 1.29 is 14.7 Å².